The maximum atomic E-state index is 13.2. The van der Waals surface area contributed by atoms with Crippen molar-refractivity contribution in [2.45, 2.75) is 32.7 Å². The molecule has 0 bridgehead atoms. The molecule has 1 heterocycles. The van der Waals surface area contributed by atoms with Gasteiger partial charge in [-0.1, -0.05) is 13.0 Å². The standard InChI is InChI=1S/C28H36N2O6/c1-6-17-36-22-14-11-20(18-23(22)34-5)25-24(26(31)19-9-12-21(13-10-19)35-7-2)27(32)28(33)30(25)16-8-15-29(3)4/h9-14,18,25,31H,6-8,15-17H2,1-5H3/t25-/m0/s1. The maximum Gasteiger partial charge on any atom is 0.295 e. The fourth-order valence-electron chi connectivity index (χ4n) is 4.23. The summed E-state index contributed by atoms with van der Waals surface area (Å²) in [6.07, 6.45) is 1.52. The SMILES string of the molecule is CCCOc1ccc([C@H]2C(=C(O)c3ccc(OCC)cc3)C(=O)C(=O)N2CCCN(C)C)cc1OC. The van der Waals surface area contributed by atoms with Crippen molar-refractivity contribution in [3.8, 4) is 17.2 Å². The number of hydrogen-bond acceptors (Lipinski definition) is 7. The highest BCUT2D eigenvalue weighted by Gasteiger charge is 2.46. The third-order valence-electron chi connectivity index (χ3n) is 5.95. The van der Waals surface area contributed by atoms with Crippen LogP contribution in [0.4, 0.5) is 0 Å². The van der Waals surface area contributed by atoms with Gasteiger partial charge in [0, 0.05) is 12.1 Å². The summed E-state index contributed by atoms with van der Waals surface area (Å²) >= 11 is 0. The number of amides is 1. The van der Waals surface area contributed by atoms with E-state index in [0.29, 0.717) is 54.6 Å². The lowest BCUT2D eigenvalue weighted by molar-refractivity contribution is -0.139. The molecule has 0 unspecified atom stereocenters. The highest BCUT2D eigenvalue weighted by molar-refractivity contribution is 6.46. The van der Waals surface area contributed by atoms with Gasteiger partial charge in [-0.2, -0.15) is 0 Å². The Balaban J connectivity index is 2.09. The van der Waals surface area contributed by atoms with E-state index in [1.165, 1.54) is 4.90 Å². The molecule has 194 valence electrons. The average molecular weight is 497 g/mol. The molecule has 36 heavy (non-hydrogen) atoms. The van der Waals surface area contributed by atoms with E-state index in [0.717, 1.165) is 13.0 Å². The van der Waals surface area contributed by atoms with Gasteiger partial charge in [-0.3, -0.25) is 9.59 Å². The fraction of sp³-hybridized carbons (Fsp3) is 0.429. The van der Waals surface area contributed by atoms with Crippen LogP contribution in [-0.4, -0.2) is 74.1 Å². The van der Waals surface area contributed by atoms with Crippen molar-refractivity contribution in [2.75, 3.05) is 47.5 Å². The highest BCUT2D eigenvalue weighted by Crippen LogP contribution is 2.42. The smallest absolute Gasteiger partial charge is 0.295 e. The molecular weight excluding hydrogens is 460 g/mol. The van der Waals surface area contributed by atoms with Gasteiger partial charge in [0.25, 0.3) is 11.7 Å². The molecule has 0 spiro atoms. The molecule has 1 aliphatic rings. The molecule has 0 saturated carbocycles. The molecule has 1 aliphatic heterocycles. The topological polar surface area (TPSA) is 88.5 Å². The number of rotatable bonds is 12. The summed E-state index contributed by atoms with van der Waals surface area (Å²) < 4.78 is 16.8. The van der Waals surface area contributed by atoms with Gasteiger partial charge in [0.15, 0.2) is 11.5 Å². The van der Waals surface area contributed by atoms with Crippen molar-refractivity contribution in [2.24, 2.45) is 0 Å². The van der Waals surface area contributed by atoms with Crippen LogP contribution in [-0.2, 0) is 9.59 Å². The lowest BCUT2D eigenvalue weighted by Gasteiger charge is -2.26. The number of carbonyl (C=O) groups excluding carboxylic acids is 2. The molecule has 1 N–H and O–H groups in total. The molecule has 3 rings (SSSR count). The zero-order chi connectivity index (χ0) is 26.2. The summed E-state index contributed by atoms with van der Waals surface area (Å²) in [5.74, 6) is 0.182. The quantitative estimate of drug-likeness (QED) is 0.267. The Morgan fingerprint density at radius 2 is 1.75 bits per heavy atom. The van der Waals surface area contributed by atoms with Crippen LogP contribution in [0.5, 0.6) is 17.2 Å². The molecule has 1 amide bonds. The Labute approximate surface area is 213 Å². The number of ether oxygens (including phenoxy) is 3. The second-order valence-corrected chi connectivity index (χ2v) is 8.87. The molecule has 0 radical (unpaired) electrons. The number of likely N-dealkylation sites (tertiary alicyclic amines) is 1. The number of nitrogens with zero attached hydrogens (tertiary/aromatic N) is 2. The van der Waals surface area contributed by atoms with Crippen LogP contribution in [0.2, 0.25) is 0 Å². The number of aliphatic hydroxyl groups excluding tert-OH is 1. The largest absolute Gasteiger partial charge is 0.507 e. The lowest BCUT2D eigenvalue weighted by Crippen LogP contribution is -2.32. The molecule has 8 heteroatoms. The Bertz CT molecular complexity index is 1090. The molecule has 8 nitrogen and oxygen atoms in total. The lowest BCUT2D eigenvalue weighted by atomic mass is 9.95. The average Bonchev–Trinajstić information content (AvgIpc) is 3.12. The van der Waals surface area contributed by atoms with Gasteiger partial charge >= 0.3 is 0 Å². The van der Waals surface area contributed by atoms with Crippen molar-refractivity contribution in [1.29, 1.82) is 0 Å². The third-order valence-corrected chi connectivity index (χ3v) is 5.95. The fourth-order valence-corrected chi connectivity index (χ4v) is 4.23. The zero-order valence-electron chi connectivity index (χ0n) is 21.7. The number of aliphatic hydroxyl groups is 1. The van der Waals surface area contributed by atoms with Gasteiger partial charge in [0.05, 0.1) is 31.9 Å². The molecule has 0 aliphatic carbocycles. The van der Waals surface area contributed by atoms with E-state index in [2.05, 4.69) is 0 Å². The first kappa shape index (κ1) is 27.1. The first-order valence-corrected chi connectivity index (χ1v) is 12.3. The first-order valence-electron chi connectivity index (χ1n) is 12.3. The minimum atomic E-state index is -0.757. The van der Waals surface area contributed by atoms with Crippen molar-refractivity contribution in [3.05, 3.63) is 59.2 Å². The van der Waals surface area contributed by atoms with Crippen LogP contribution < -0.4 is 14.2 Å². The van der Waals surface area contributed by atoms with Gasteiger partial charge in [-0.15, -0.1) is 0 Å². The molecule has 1 saturated heterocycles. The first-order chi connectivity index (χ1) is 17.3. The number of methoxy groups -OCH3 is 1. The zero-order valence-corrected chi connectivity index (χ0v) is 21.7. The van der Waals surface area contributed by atoms with E-state index < -0.39 is 17.7 Å². The highest BCUT2D eigenvalue weighted by atomic mass is 16.5. The minimum absolute atomic E-state index is 0.0540. The van der Waals surface area contributed by atoms with E-state index in [1.807, 2.05) is 38.9 Å². The van der Waals surface area contributed by atoms with Gasteiger partial charge in [0.2, 0.25) is 0 Å². The summed E-state index contributed by atoms with van der Waals surface area (Å²) in [5.41, 5.74) is 1.15. The van der Waals surface area contributed by atoms with E-state index in [9.17, 15) is 14.7 Å². The summed E-state index contributed by atoms with van der Waals surface area (Å²) in [6, 6.07) is 11.4. The van der Waals surface area contributed by atoms with Crippen molar-refractivity contribution in [3.63, 3.8) is 0 Å². The summed E-state index contributed by atoms with van der Waals surface area (Å²) in [7, 11) is 5.46. The molecule has 1 fully saturated rings. The van der Waals surface area contributed by atoms with Crippen molar-refractivity contribution in [1.82, 2.24) is 9.80 Å². The van der Waals surface area contributed by atoms with Gasteiger partial charge < -0.3 is 29.1 Å². The summed E-state index contributed by atoms with van der Waals surface area (Å²) in [4.78, 5) is 30.0. The Morgan fingerprint density at radius 1 is 1.03 bits per heavy atom. The maximum absolute atomic E-state index is 13.2. The summed E-state index contributed by atoms with van der Waals surface area (Å²) in [5, 5.41) is 11.3. The van der Waals surface area contributed by atoms with E-state index >= 15 is 0 Å². The molecule has 0 aromatic heterocycles. The minimum Gasteiger partial charge on any atom is -0.507 e. The van der Waals surface area contributed by atoms with E-state index in [1.54, 1.807) is 43.5 Å². The summed E-state index contributed by atoms with van der Waals surface area (Å²) in [6.45, 7) is 6.08. The second kappa shape index (κ2) is 12.4. The van der Waals surface area contributed by atoms with Crippen LogP contribution in [0.25, 0.3) is 5.76 Å². The van der Waals surface area contributed by atoms with E-state index in [-0.39, 0.29) is 11.3 Å². The number of ketones is 1. The normalized spacial score (nSPS) is 17.1. The Kier molecular flexibility index (Phi) is 9.36. The predicted molar refractivity (Wildman–Crippen MR) is 139 cm³/mol. The Hall–Kier alpha value is -3.52. The number of carbonyl (C=O) groups is 2. The molecule has 2 aromatic carbocycles. The predicted octanol–water partition coefficient (Wildman–Crippen LogP) is 4.26. The molecule has 1 atom stereocenters. The van der Waals surface area contributed by atoms with Crippen LogP contribution in [0, 0.1) is 0 Å². The monoisotopic (exact) mass is 496 g/mol. The van der Waals surface area contributed by atoms with Gasteiger partial charge in [-0.25, -0.2) is 0 Å². The van der Waals surface area contributed by atoms with Crippen molar-refractivity contribution >= 4 is 17.4 Å². The van der Waals surface area contributed by atoms with Gasteiger partial charge in [0.1, 0.15) is 11.5 Å². The van der Waals surface area contributed by atoms with Crippen LogP contribution in [0.15, 0.2) is 48.0 Å². The van der Waals surface area contributed by atoms with E-state index in [4.69, 9.17) is 14.2 Å². The number of benzene rings is 2. The number of hydrogen-bond donors (Lipinski definition) is 1. The van der Waals surface area contributed by atoms with Gasteiger partial charge in [-0.05, 0) is 82.4 Å². The van der Waals surface area contributed by atoms with Crippen LogP contribution in [0.3, 0.4) is 0 Å². The third kappa shape index (κ3) is 5.99. The number of Topliss-reactive ketones (excluding diaryl/α,β-unsaturated/α-hetero) is 1. The Morgan fingerprint density at radius 3 is 2.36 bits per heavy atom. The second-order valence-electron chi connectivity index (χ2n) is 8.87. The van der Waals surface area contributed by atoms with Crippen LogP contribution >= 0.6 is 0 Å². The van der Waals surface area contributed by atoms with Crippen LogP contribution in [0.1, 0.15) is 43.9 Å². The molecular formula is C28H36N2O6. The van der Waals surface area contributed by atoms with Crippen molar-refractivity contribution < 1.29 is 28.9 Å². The molecule has 2 aromatic rings.